The van der Waals surface area contributed by atoms with Crippen molar-refractivity contribution in [1.29, 1.82) is 0 Å². The van der Waals surface area contributed by atoms with Crippen LogP contribution in [0.2, 0.25) is 0 Å². The van der Waals surface area contributed by atoms with Gasteiger partial charge in [0.1, 0.15) is 61.0 Å². The first-order valence-electron chi connectivity index (χ1n) is 7.07. The van der Waals surface area contributed by atoms with Crippen LogP contribution in [0.1, 0.15) is 0 Å². The van der Waals surface area contributed by atoms with Crippen LogP contribution in [0.5, 0.6) is 0 Å². The van der Waals surface area contributed by atoms with E-state index in [1.165, 1.54) is 0 Å². The molecule has 0 spiro atoms. The highest BCUT2D eigenvalue weighted by Crippen LogP contribution is 2.29. The molecule has 11 atom stereocenters. The molecule has 1 saturated heterocycles. The van der Waals surface area contributed by atoms with Gasteiger partial charge in [0.2, 0.25) is 0 Å². The van der Waals surface area contributed by atoms with Crippen LogP contribution in [0.15, 0.2) is 0 Å². The molecule has 0 aromatic rings. The van der Waals surface area contributed by atoms with Crippen LogP contribution in [0.25, 0.3) is 0 Å². The van der Waals surface area contributed by atoms with E-state index in [-0.39, 0.29) is 0 Å². The number of aliphatic hydroxyl groups excluding tert-OH is 9. The normalized spacial score (nSPS) is 54.9. The molecule has 0 amide bonds. The summed E-state index contributed by atoms with van der Waals surface area (Å²) in [5, 5.41) is 86.6. The molecule has 2 unspecified atom stereocenters. The average molecular weight is 342 g/mol. The zero-order valence-corrected chi connectivity index (χ0v) is 11.9. The van der Waals surface area contributed by atoms with Crippen LogP contribution in [0.4, 0.5) is 0 Å². The average Bonchev–Trinajstić information content (AvgIpc) is 2.54. The summed E-state index contributed by atoms with van der Waals surface area (Å²) < 4.78 is 10.2. The molecule has 1 aliphatic heterocycles. The van der Waals surface area contributed by atoms with Crippen molar-refractivity contribution in [3.8, 4) is 0 Å². The number of ether oxygens (including phenoxy) is 2. The maximum absolute atomic E-state index is 9.85. The van der Waals surface area contributed by atoms with E-state index >= 15 is 0 Å². The fourth-order valence-corrected chi connectivity index (χ4v) is 2.69. The number of hydrogen-bond acceptors (Lipinski definition) is 11. The van der Waals surface area contributed by atoms with Crippen LogP contribution in [0.3, 0.4) is 0 Å². The second kappa shape index (κ2) is 7.21. The van der Waals surface area contributed by atoms with E-state index in [9.17, 15) is 40.9 Å². The van der Waals surface area contributed by atoms with Gasteiger partial charge in [-0.05, 0) is 0 Å². The smallest absolute Gasteiger partial charge is 0.187 e. The van der Waals surface area contributed by atoms with Crippen molar-refractivity contribution in [1.82, 2.24) is 0 Å². The first-order chi connectivity index (χ1) is 10.7. The molecule has 2 fully saturated rings. The molecule has 1 heterocycles. The minimum Gasteiger partial charge on any atom is -0.394 e. The molecule has 0 aromatic carbocycles. The van der Waals surface area contributed by atoms with Crippen molar-refractivity contribution in [3.05, 3.63) is 0 Å². The van der Waals surface area contributed by atoms with E-state index in [1.54, 1.807) is 0 Å². The summed E-state index contributed by atoms with van der Waals surface area (Å²) in [6.45, 7) is -0.704. The Labute approximate surface area is 130 Å². The molecule has 11 nitrogen and oxygen atoms in total. The molecular weight excluding hydrogens is 320 g/mol. The van der Waals surface area contributed by atoms with Gasteiger partial charge in [0.15, 0.2) is 6.29 Å². The third-order valence-corrected chi connectivity index (χ3v) is 4.21. The fraction of sp³-hybridized carbons (Fsp3) is 1.00. The lowest BCUT2D eigenvalue weighted by Crippen LogP contribution is -2.67. The lowest BCUT2D eigenvalue weighted by atomic mass is 9.84. The van der Waals surface area contributed by atoms with Gasteiger partial charge in [-0.1, -0.05) is 0 Å². The first-order valence-corrected chi connectivity index (χ1v) is 7.07. The topological polar surface area (TPSA) is 201 Å². The van der Waals surface area contributed by atoms with Gasteiger partial charge in [-0.25, -0.2) is 0 Å². The quantitative estimate of drug-likeness (QED) is 0.236. The largest absolute Gasteiger partial charge is 0.394 e. The second-order valence-corrected chi connectivity index (χ2v) is 5.75. The van der Waals surface area contributed by atoms with Gasteiger partial charge in [-0.2, -0.15) is 0 Å². The van der Waals surface area contributed by atoms with Gasteiger partial charge in [0.25, 0.3) is 0 Å². The summed E-state index contributed by atoms with van der Waals surface area (Å²) in [6, 6.07) is 0. The summed E-state index contributed by atoms with van der Waals surface area (Å²) >= 11 is 0. The Morgan fingerprint density at radius 2 is 1.04 bits per heavy atom. The van der Waals surface area contributed by atoms with E-state index in [0.29, 0.717) is 0 Å². The maximum atomic E-state index is 9.85. The molecule has 1 aliphatic carbocycles. The van der Waals surface area contributed by atoms with Crippen LogP contribution >= 0.6 is 0 Å². The highest BCUT2D eigenvalue weighted by atomic mass is 16.7. The van der Waals surface area contributed by atoms with E-state index in [1.807, 2.05) is 0 Å². The molecule has 0 bridgehead atoms. The molecule has 23 heavy (non-hydrogen) atoms. The van der Waals surface area contributed by atoms with Gasteiger partial charge >= 0.3 is 0 Å². The predicted molar refractivity (Wildman–Crippen MR) is 68.7 cm³/mol. The van der Waals surface area contributed by atoms with E-state index in [0.717, 1.165) is 0 Å². The maximum Gasteiger partial charge on any atom is 0.187 e. The van der Waals surface area contributed by atoms with Crippen molar-refractivity contribution in [2.45, 2.75) is 67.3 Å². The Morgan fingerprint density at radius 3 is 1.52 bits per heavy atom. The Balaban J connectivity index is 2.13. The third kappa shape index (κ3) is 3.36. The van der Waals surface area contributed by atoms with E-state index < -0.39 is 73.9 Å². The lowest BCUT2D eigenvalue weighted by molar-refractivity contribution is -0.339. The zero-order chi connectivity index (χ0) is 17.5. The molecule has 2 rings (SSSR count). The monoisotopic (exact) mass is 342 g/mol. The molecule has 0 radical (unpaired) electrons. The van der Waals surface area contributed by atoms with Gasteiger partial charge in [0, 0.05) is 0 Å². The van der Waals surface area contributed by atoms with Crippen LogP contribution in [-0.4, -0.2) is 120 Å². The summed E-state index contributed by atoms with van der Waals surface area (Å²) in [5.41, 5.74) is 0. The summed E-state index contributed by atoms with van der Waals surface area (Å²) in [6.07, 6.45) is -18.9. The van der Waals surface area contributed by atoms with Crippen molar-refractivity contribution in [3.63, 3.8) is 0 Å². The SMILES string of the molecule is OC[C@@H]1O[C@H](OC2[C@H](O)[C@H](O)C(O)[C@H](O)[C@H]2O)[C@@H](O)[C@@H](O)[C@@H]1O. The molecule has 2 aliphatic rings. The minimum atomic E-state index is -1.83. The molecule has 136 valence electrons. The van der Waals surface area contributed by atoms with Crippen LogP contribution in [0, 0.1) is 0 Å². The third-order valence-electron chi connectivity index (χ3n) is 4.21. The molecule has 9 N–H and O–H groups in total. The Kier molecular flexibility index (Phi) is 5.92. The van der Waals surface area contributed by atoms with Gasteiger partial charge in [-0.3, -0.25) is 0 Å². The summed E-state index contributed by atoms with van der Waals surface area (Å²) in [5.74, 6) is 0. The Hall–Kier alpha value is -0.440. The second-order valence-electron chi connectivity index (χ2n) is 5.75. The van der Waals surface area contributed by atoms with E-state index in [4.69, 9.17) is 14.6 Å². The standard InChI is InChI=1S/C12H22O11/c13-1-2-3(14)4(15)10(21)12(22-2)23-11-8(19)6(17)5(16)7(18)9(11)20/h2-21H,1H2/t2-,3+,4-,5?,6-,7+,8+,9+,10-,11?,12+/m0/s1. The number of rotatable bonds is 3. The minimum absolute atomic E-state index is 0.704. The van der Waals surface area contributed by atoms with Gasteiger partial charge in [0.05, 0.1) is 6.61 Å². The summed E-state index contributed by atoms with van der Waals surface area (Å²) in [7, 11) is 0. The van der Waals surface area contributed by atoms with Gasteiger partial charge < -0.3 is 55.4 Å². The Morgan fingerprint density at radius 1 is 0.609 bits per heavy atom. The van der Waals surface area contributed by atoms with Crippen LogP contribution < -0.4 is 0 Å². The first kappa shape index (κ1) is 18.9. The number of hydrogen-bond donors (Lipinski definition) is 9. The highest BCUT2D eigenvalue weighted by Gasteiger charge is 2.52. The van der Waals surface area contributed by atoms with Crippen LogP contribution in [-0.2, 0) is 9.47 Å². The van der Waals surface area contributed by atoms with Crippen molar-refractivity contribution in [2.75, 3.05) is 6.61 Å². The van der Waals surface area contributed by atoms with E-state index in [2.05, 4.69) is 0 Å². The number of aliphatic hydroxyl groups is 9. The van der Waals surface area contributed by atoms with Crippen molar-refractivity contribution in [2.24, 2.45) is 0 Å². The molecule has 1 saturated carbocycles. The van der Waals surface area contributed by atoms with Crippen molar-refractivity contribution >= 4 is 0 Å². The van der Waals surface area contributed by atoms with Gasteiger partial charge in [-0.15, -0.1) is 0 Å². The zero-order valence-electron chi connectivity index (χ0n) is 11.9. The highest BCUT2D eigenvalue weighted by molar-refractivity contribution is 5.00. The van der Waals surface area contributed by atoms with Crippen molar-refractivity contribution < 1.29 is 55.4 Å². The Bertz CT molecular complexity index is 377. The molecule has 0 aromatic heterocycles. The predicted octanol–water partition coefficient (Wildman–Crippen LogP) is -6.01. The molecular formula is C12H22O11. The lowest BCUT2D eigenvalue weighted by Gasteiger charge is -2.45. The molecule has 11 heteroatoms. The summed E-state index contributed by atoms with van der Waals surface area (Å²) in [4.78, 5) is 0. The fourth-order valence-electron chi connectivity index (χ4n) is 2.69.